The lowest BCUT2D eigenvalue weighted by molar-refractivity contribution is -0.138. The first-order chi connectivity index (χ1) is 10.3. The van der Waals surface area contributed by atoms with Gasteiger partial charge in [-0.05, 0) is 51.4 Å². The predicted molar refractivity (Wildman–Crippen MR) is 79.9 cm³/mol. The highest BCUT2D eigenvalue weighted by molar-refractivity contribution is 5.85. The van der Waals surface area contributed by atoms with Crippen LogP contribution < -0.4 is 0 Å². The van der Waals surface area contributed by atoms with Crippen molar-refractivity contribution in [3.63, 3.8) is 0 Å². The molecule has 0 aromatic rings. The Morgan fingerprint density at radius 1 is 1.14 bits per heavy atom. The van der Waals surface area contributed by atoms with E-state index in [4.69, 9.17) is 4.74 Å². The van der Waals surface area contributed by atoms with Gasteiger partial charge in [0.15, 0.2) is 0 Å². The summed E-state index contributed by atoms with van der Waals surface area (Å²) in [6.07, 6.45) is 9.92. The van der Waals surface area contributed by atoms with Crippen LogP contribution in [-0.4, -0.2) is 41.9 Å². The van der Waals surface area contributed by atoms with Crippen molar-refractivity contribution in [1.82, 2.24) is 4.90 Å². The second kappa shape index (κ2) is 6.91. The first-order valence-corrected chi connectivity index (χ1v) is 8.69. The molecule has 3 aliphatic rings. The molecule has 1 saturated carbocycles. The number of piperidine rings is 1. The molecule has 3 fully saturated rings. The molecule has 2 saturated heterocycles. The quantitative estimate of drug-likeness (QED) is 0.800. The maximum atomic E-state index is 12.6. The standard InChI is InChI=1S/C17H27NO3/c19-16-8-3-6-14(16)15-7-1-2-11-18(15)17(20)10-9-13-5-4-12-21-13/h13-15H,1-12H2. The van der Waals surface area contributed by atoms with E-state index in [9.17, 15) is 9.59 Å². The van der Waals surface area contributed by atoms with E-state index in [2.05, 4.69) is 0 Å². The molecule has 2 heterocycles. The molecule has 3 rings (SSSR count). The number of ether oxygens (including phenoxy) is 1. The number of rotatable bonds is 4. The molecular formula is C17H27NO3. The van der Waals surface area contributed by atoms with Crippen LogP contribution in [0.15, 0.2) is 0 Å². The van der Waals surface area contributed by atoms with E-state index in [1.165, 1.54) is 0 Å². The molecule has 21 heavy (non-hydrogen) atoms. The number of carbonyl (C=O) groups is 2. The summed E-state index contributed by atoms with van der Waals surface area (Å²) < 4.78 is 5.61. The van der Waals surface area contributed by atoms with Gasteiger partial charge in [0.1, 0.15) is 5.78 Å². The van der Waals surface area contributed by atoms with Crippen molar-refractivity contribution in [3.8, 4) is 0 Å². The van der Waals surface area contributed by atoms with Gasteiger partial charge in [0.05, 0.1) is 6.10 Å². The third kappa shape index (κ3) is 3.47. The van der Waals surface area contributed by atoms with Crippen LogP contribution in [0.4, 0.5) is 0 Å². The smallest absolute Gasteiger partial charge is 0.222 e. The molecule has 1 amide bonds. The van der Waals surface area contributed by atoms with Gasteiger partial charge in [-0.1, -0.05) is 0 Å². The average molecular weight is 293 g/mol. The Bertz CT molecular complexity index is 389. The number of Topliss-reactive ketones (excluding diaryl/α,β-unsaturated/α-hetero) is 1. The van der Waals surface area contributed by atoms with Crippen molar-refractivity contribution < 1.29 is 14.3 Å². The Balaban J connectivity index is 1.57. The van der Waals surface area contributed by atoms with Crippen LogP contribution >= 0.6 is 0 Å². The second-order valence-corrected chi connectivity index (χ2v) is 6.79. The molecule has 2 aliphatic heterocycles. The van der Waals surface area contributed by atoms with Gasteiger partial charge in [-0.2, -0.15) is 0 Å². The van der Waals surface area contributed by atoms with E-state index in [1.54, 1.807) is 0 Å². The Labute approximate surface area is 127 Å². The van der Waals surface area contributed by atoms with Gasteiger partial charge in [0, 0.05) is 38.0 Å². The van der Waals surface area contributed by atoms with Gasteiger partial charge >= 0.3 is 0 Å². The molecule has 3 atom stereocenters. The molecule has 4 heteroatoms. The lowest BCUT2D eigenvalue weighted by Crippen LogP contribution is -2.48. The second-order valence-electron chi connectivity index (χ2n) is 6.79. The highest BCUT2D eigenvalue weighted by Crippen LogP contribution is 2.33. The molecule has 0 radical (unpaired) electrons. The summed E-state index contributed by atoms with van der Waals surface area (Å²) in [6.45, 7) is 1.70. The molecular weight excluding hydrogens is 266 g/mol. The summed E-state index contributed by atoms with van der Waals surface area (Å²) >= 11 is 0. The minimum atomic E-state index is 0.122. The van der Waals surface area contributed by atoms with E-state index in [1.807, 2.05) is 4.90 Å². The number of carbonyl (C=O) groups excluding carboxylic acids is 2. The zero-order valence-corrected chi connectivity index (χ0v) is 12.9. The maximum absolute atomic E-state index is 12.6. The van der Waals surface area contributed by atoms with Crippen molar-refractivity contribution in [3.05, 3.63) is 0 Å². The van der Waals surface area contributed by atoms with Gasteiger partial charge < -0.3 is 9.64 Å². The van der Waals surface area contributed by atoms with Crippen molar-refractivity contribution in [2.24, 2.45) is 5.92 Å². The van der Waals surface area contributed by atoms with Gasteiger partial charge in [-0.15, -0.1) is 0 Å². The van der Waals surface area contributed by atoms with E-state index in [-0.39, 0.29) is 24.0 Å². The van der Waals surface area contributed by atoms with Crippen LogP contribution in [0.25, 0.3) is 0 Å². The van der Waals surface area contributed by atoms with E-state index in [0.717, 1.165) is 70.9 Å². The van der Waals surface area contributed by atoms with Crippen LogP contribution in [0.1, 0.15) is 64.2 Å². The number of nitrogens with zero attached hydrogens (tertiary/aromatic N) is 1. The highest BCUT2D eigenvalue weighted by Gasteiger charge is 2.38. The van der Waals surface area contributed by atoms with Gasteiger partial charge in [0.2, 0.25) is 5.91 Å². The number of ketones is 1. The fourth-order valence-electron chi connectivity index (χ4n) is 4.23. The van der Waals surface area contributed by atoms with Crippen LogP contribution in [0, 0.1) is 5.92 Å². The van der Waals surface area contributed by atoms with E-state index in [0.29, 0.717) is 12.2 Å². The molecule has 0 aromatic carbocycles. The fraction of sp³-hybridized carbons (Fsp3) is 0.882. The Kier molecular flexibility index (Phi) is 4.94. The number of amides is 1. The monoisotopic (exact) mass is 293 g/mol. The third-order valence-electron chi connectivity index (χ3n) is 5.39. The molecule has 0 N–H and O–H groups in total. The molecule has 1 aliphatic carbocycles. The van der Waals surface area contributed by atoms with Crippen LogP contribution in [-0.2, 0) is 14.3 Å². The largest absolute Gasteiger partial charge is 0.378 e. The molecule has 0 spiro atoms. The fourth-order valence-corrected chi connectivity index (χ4v) is 4.23. The normalized spacial score (nSPS) is 33.6. The molecule has 0 bridgehead atoms. The van der Waals surface area contributed by atoms with E-state index < -0.39 is 0 Å². The minimum absolute atomic E-state index is 0.122. The molecule has 3 unspecified atom stereocenters. The van der Waals surface area contributed by atoms with Crippen LogP contribution in [0.3, 0.4) is 0 Å². The predicted octanol–water partition coefficient (Wildman–Crippen LogP) is 2.70. The highest BCUT2D eigenvalue weighted by atomic mass is 16.5. The first-order valence-electron chi connectivity index (χ1n) is 8.69. The summed E-state index contributed by atoms with van der Waals surface area (Å²) in [5.74, 6) is 0.755. The van der Waals surface area contributed by atoms with Crippen molar-refractivity contribution in [1.29, 1.82) is 0 Å². The summed E-state index contributed by atoms with van der Waals surface area (Å²) in [7, 11) is 0. The molecule has 118 valence electrons. The summed E-state index contributed by atoms with van der Waals surface area (Å²) in [6, 6.07) is 0.186. The summed E-state index contributed by atoms with van der Waals surface area (Å²) in [5, 5.41) is 0. The van der Waals surface area contributed by atoms with Crippen LogP contribution in [0.5, 0.6) is 0 Å². The van der Waals surface area contributed by atoms with Crippen LogP contribution in [0.2, 0.25) is 0 Å². The first kappa shape index (κ1) is 15.0. The van der Waals surface area contributed by atoms with Crippen molar-refractivity contribution in [2.75, 3.05) is 13.2 Å². The maximum Gasteiger partial charge on any atom is 0.222 e. The van der Waals surface area contributed by atoms with Gasteiger partial charge in [-0.25, -0.2) is 0 Å². The number of likely N-dealkylation sites (tertiary alicyclic amines) is 1. The number of hydrogen-bond acceptors (Lipinski definition) is 3. The SMILES string of the molecule is O=C1CCCC1C1CCCCN1C(=O)CCC1CCCO1. The van der Waals surface area contributed by atoms with Crippen molar-refractivity contribution >= 4 is 11.7 Å². The summed E-state index contributed by atoms with van der Waals surface area (Å²) in [4.78, 5) is 26.7. The lowest BCUT2D eigenvalue weighted by atomic mass is 9.88. The summed E-state index contributed by atoms with van der Waals surface area (Å²) in [5.41, 5.74) is 0. The van der Waals surface area contributed by atoms with Crippen molar-refractivity contribution in [2.45, 2.75) is 76.4 Å². The minimum Gasteiger partial charge on any atom is -0.378 e. The average Bonchev–Trinajstić information content (AvgIpc) is 3.16. The number of hydrogen-bond donors (Lipinski definition) is 0. The molecule has 4 nitrogen and oxygen atoms in total. The Hall–Kier alpha value is -0.900. The Morgan fingerprint density at radius 2 is 2.05 bits per heavy atom. The van der Waals surface area contributed by atoms with Gasteiger partial charge in [-0.3, -0.25) is 9.59 Å². The molecule has 0 aromatic heterocycles. The zero-order valence-electron chi connectivity index (χ0n) is 12.9. The third-order valence-corrected chi connectivity index (χ3v) is 5.39. The van der Waals surface area contributed by atoms with E-state index >= 15 is 0 Å². The van der Waals surface area contributed by atoms with Gasteiger partial charge in [0.25, 0.3) is 0 Å². The zero-order chi connectivity index (χ0) is 14.7. The lowest BCUT2D eigenvalue weighted by Gasteiger charge is -2.39. The Morgan fingerprint density at radius 3 is 2.76 bits per heavy atom. The topological polar surface area (TPSA) is 46.6 Å².